The van der Waals surface area contributed by atoms with E-state index in [1.807, 2.05) is 13.1 Å². The van der Waals surface area contributed by atoms with Crippen LogP contribution in [0.3, 0.4) is 0 Å². The molecule has 0 amide bonds. The Bertz CT molecular complexity index is 609. The minimum Gasteiger partial charge on any atom is -0.372 e. The highest BCUT2D eigenvalue weighted by Crippen LogP contribution is 2.31. The quantitative estimate of drug-likeness (QED) is 0.763. The van der Waals surface area contributed by atoms with Crippen LogP contribution in [-0.4, -0.2) is 17.0 Å². The van der Waals surface area contributed by atoms with E-state index in [1.54, 1.807) is 0 Å². The van der Waals surface area contributed by atoms with Crippen LogP contribution in [0, 0.1) is 3.57 Å². The molecule has 0 aliphatic carbocycles. The number of anilines is 1. The predicted molar refractivity (Wildman–Crippen MR) is 96.9 cm³/mol. The average molecular weight is 395 g/mol. The van der Waals surface area contributed by atoms with Gasteiger partial charge in [-0.25, -0.2) is 9.97 Å². The molecule has 2 rings (SSSR count). The Morgan fingerprint density at radius 3 is 2.38 bits per heavy atom. The SMILES string of the molecule is CCCc1nc(C(C)(C)c2ccccc2)nc(NC)c1I. The number of hydrogen-bond acceptors (Lipinski definition) is 3. The van der Waals surface area contributed by atoms with Crippen LogP contribution >= 0.6 is 22.6 Å². The van der Waals surface area contributed by atoms with Crippen molar-refractivity contribution < 1.29 is 0 Å². The Labute approximate surface area is 140 Å². The number of benzene rings is 1. The first-order valence-corrected chi connectivity index (χ1v) is 8.38. The summed E-state index contributed by atoms with van der Waals surface area (Å²) in [5.74, 6) is 1.80. The van der Waals surface area contributed by atoms with Crippen LogP contribution in [0.5, 0.6) is 0 Å². The number of nitrogens with one attached hydrogen (secondary N) is 1. The molecule has 21 heavy (non-hydrogen) atoms. The second-order valence-electron chi connectivity index (χ2n) is 5.65. The zero-order chi connectivity index (χ0) is 15.5. The van der Waals surface area contributed by atoms with Crippen LogP contribution in [0.4, 0.5) is 5.82 Å². The summed E-state index contributed by atoms with van der Waals surface area (Å²) >= 11 is 2.34. The van der Waals surface area contributed by atoms with E-state index in [0.29, 0.717) is 0 Å². The van der Waals surface area contributed by atoms with Gasteiger partial charge in [0.2, 0.25) is 0 Å². The Hall–Kier alpha value is -1.17. The van der Waals surface area contributed by atoms with Crippen molar-refractivity contribution in [2.75, 3.05) is 12.4 Å². The fourth-order valence-corrected chi connectivity index (χ4v) is 3.11. The number of halogens is 1. The third-order valence-corrected chi connectivity index (χ3v) is 4.83. The summed E-state index contributed by atoms with van der Waals surface area (Å²) in [6, 6.07) is 10.4. The summed E-state index contributed by atoms with van der Waals surface area (Å²) in [5.41, 5.74) is 2.16. The number of aromatic nitrogens is 2. The molecule has 1 heterocycles. The van der Waals surface area contributed by atoms with Gasteiger partial charge in [0, 0.05) is 12.5 Å². The van der Waals surface area contributed by atoms with E-state index in [9.17, 15) is 0 Å². The smallest absolute Gasteiger partial charge is 0.143 e. The molecule has 0 unspecified atom stereocenters. The van der Waals surface area contributed by atoms with E-state index < -0.39 is 0 Å². The first-order chi connectivity index (χ1) is 10.0. The highest BCUT2D eigenvalue weighted by molar-refractivity contribution is 14.1. The minimum atomic E-state index is -0.209. The van der Waals surface area contributed by atoms with Crippen molar-refractivity contribution in [1.82, 2.24) is 9.97 Å². The number of nitrogens with zero attached hydrogens (tertiary/aromatic N) is 2. The summed E-state index contributed by atoms with van der Waals surface area (Å²) in [7, 11) is 1.92. The van der Waals surface area contributed by atoms with E-state index in [2.05, 4.69) is 72.9 Å². The van der Waals surface area contributed by atoms with Gasteiger partial charge in [0.05, 0.1) is 9.26 Å². The first-order valence-electron chi connectivity index (χ1n) is 7.30. The normalized spacial score (nSPS) is 11.5. The minimum absolute atomic E-state index is 0.209. The van der Waals surface area contributed by atoms with Gasteiger partial charge in [0.15, 0.2) is 0 Å². The van der Waals surface area contributed by atoms with Crippen molar-refractivity contribution in [3.8, 4) is 0 Å². The summed E-state index contributed by atoms with van der Waals surface area (Å²) in [5, 5.41) is 3.20. The molecule has 0 saturated carbocycles. The standard InChI is InChI=1S/C17H22IN3/c1-5-9-13-14(18)15(19-4)21-16(20-13)17(2,3)12-10-7-6-8-11-12/h6-8,10-11H,5,9H2,1-4H3,(H,19,20,21). The summed E-state index contributed by atoms with van der Waals surface area (Å²) in [6.45, 7) is 6.54. The molecule has 112 valence electrons. The Balaban J connectivity index is 2.55. The van der Waals surface area contributed by atoms with E-state index in [0.717, 1.165) is 33.7 Å². The van der Waals surface area contributed by atoms with Crippen molar-refractivity contribution in [2.24, 2.45) is 0 Å². The molecule has 2 aromatic rings. The lowest BCUT2D eigenvalue weighted by Gasteiger charge is -2.25. The fourth-order valence-electron chi connectivity index (χ4n) is 2.33. The summed E-state index contributed by atoms with van der Waals surface area (Å²) < 4.78 is 1.13. The molecule has 4 heteroatoms. The fraction of sp³-hybridized carbons (Fsp3) is 0.412. The molecule has 1 aromatic carbocycles. The van der Waals surface area contributed by atoms with Crippen molar-refractivity contribution in [3.05, 3.63) is 51.0 Å². The van der Waals surface area contributed by atoms with Gasteiger partial charge < -0.3 is 5.32 Å². The van der Waals surface area contributed by atoms with Gasteiger partial charge in [-0.2, -0.15) is 0 Å². The van der Waals surface area contributed by atoms with E-state index in [-0.39, 0.29) is 5.41 Å². The van der Waals surface area contributed by atoms with Crippen molar-refractivity contribution in [2.45, 2.75) is 39.0 Å². The van der Waals surface area contributed by atoms with Crippen LogP contribution in [0.2, 0.25) is 0 Å². The maximum atomic E-state index is 4.86. The molecule has 0 aliphatic heterocycles. The Morgan fingerprint density at radius 2 is 1.81 bits per heavy atom. The Morgan fingerprint density at radius 1 is 1.14 bits per heavy atom. The lowest BCUT2D eigenvalue weighted by molar-refractivity contribution is 0.584. The van der Waals surface area contributed by atoms with Crippen molar-refractivity contribution in [1.29, 1.82) is 0 Å². The van der Waals surface area contributed by atoms with E-state index in [4.69, 9.17) is 9.97 Å². The third kappa shape index (κ3) is 3.36. The molecule has 0 radical (unpaired) electrons. The molecule has 0 aliphatic rings. The molecule has 0 spiro atoms. The zero-order valence-corrected chi connectivity index (χ0v) is 15.2. The molecular formula is C17H22IN3. The number of aryl methyl sites for hydroxylation is 1. The lowest BCUT2D eigenvalue weighted by Crippen LogP contribution is -2.24. The molecule has 0 saturated heterocycles. The second-order valence-corrected chi connectivity index (χ2v) is 6.73. The maximum absolute atomic E-state index is 4.86. The van der Waals surface area contributed by atoms with Gasteiger partial charge in [0.25, 0.3) is 0 Å². The lowest BCUT2D eigenvalue weighted by atomic mass is 9.83. The molecule has 1 N–H and O–H groups in total. The molecule has 0 bridgehead atoms. The third-order valence-electron chi connectivity index (χ3n) is 3.70. The molecule has 1 aromatic heterocycles. The molecular weight excluding hydrogens is 373 g/mol. The van der Waals surface area contributed by atoms with Gasteiger partial charge in [-0.1, -0.05) is 43.7 Å². The number of hydrogen-bond donors (Lipinski definition) is 1. The largest absolute Gasteiger partial charge is 0.372 e. The highest BCUT2D eigenvalue weighted by atomic mass is 127. The highest BCUT2D eigenvalue weighted by Gasteiger charge is 2.28. The molecule has 3 nitrogen and oxygen atoms in total. The van der Waals surface area contributed by atoms with Gasteiger partial charge in [0.1, 0.15) is 11.6 Å². The van der Waals surface area contributed by atoms with Gasteiger partial charge in [-0.15, -0.1) is 0 Å². The average Bonchev–Trinajstić information content (AvgIpc) is 2.50. The molecule has 0 fully saturated rings. The first kappa shape index (κ1) is 16.2. The predicted octanol–water partition coefficient (Wildman–Crippen LogP) is 4.40. The zero-order valence-electron chi connectivity index (χ0n) is 13.1. The van der Waals surface area contributed by atoms with Gasteiger partial charge >= 0.3 is 0 Å². The second kappa shape index (κ2) is 6.73. The summed E-state index contributed by atoms with van der Waals surface area (Å²) in [6.07, 6.45) is 2.06. The summed E-state index contributed by atoms with van der Waals surface area (Å²) in [4.78, 5) is 9.61. The number of rotatable bonds is 5. The molecule has 0 atom stereocenters. The maximum Gasteiger partial charge on any atom is 0.143 e. The van der Waals surface area contributed by atoms with Crippen LogP contribution in [0.1, 0.15) is 44.3 Å². The van der Waals surface area contributed by atoms with Crippen LogP contribution < -0.4 is 5.32 Å². The monoisotopic (exact) mass is 395 g/mol. The van der Waals surface area contributed by atoms with Crippen LogP contribution in [0.25, 0.3) is 0 Å². The topological polar surface area (TPSA) is 37.8 Å². The van der Waals surface area contributed by atoms with E-state index >= 15 is 0 Å². The van der Waals surface area contributed by atoms with Crippen molar-refractivity contribution >= 4 is 28.4 Å². The van der Waals surface area contributed by atoms with Gasteiger partial charge in [-0.05, 0) is 48.4 Å². The van der Waals surface area contributed by atoms with Gasteiger partial charge in [-0.3, -0.25) is 0 Å². The van der Waals surface area contributed by atoms with Crippen molar-refractivity contribution in [3.63, 3.8) is 0 Å². The van der Waals surface area contributed by atoms with Crippen LogP contribution in [0.15, 0.2) is 30.3 Å². The Kier molecular flexibility index (Phi) is 5.19. The van der Waals surface area contributed by atoms with Crippen LogP contribution in [-0.2, 0) is 11.8 Å². The van der Waals surface area contributed by atoms with E-state index in [1.165, 1.54) is 5.56 Å².